The molecule has 476 valence electrons. The lowest BCUT2D eigenvalue weighted by molar-refractivity contribution is -0.360. The number of esters is 2. The number of rotatable bonds is 45. The van der Waals surface area contributed by atoms with Gasteiger partial charge in [-0.3, -0.25) is 18.6 Å². The maximum absolute atomic E-state index is 14.0. The average Bonchev–Trinajstić information content (AvgIpc) is 3.48. The molecule has 2 saturated heterocycles. The van der Waals surface area contributed by atoms with Gasteiger partial charge in [-0.25, -0.2) is 4.57 Å². The van der Waals surface area contributed by atoms with Crippen molar-refractivity contribution in [1.82, 2.24) is 0 Å². The minimum Gasteiger partial charge on any atom is -0.462 e. The molecule has 81 heavy (non-hydrogen) atoms. The molecule has 3 rings (SSSR count). The number of carbonyl (C=O) groups excluding carboxylic acids is 2. The SMILES string of the molecule is CCCCCCCCC/C=C\CCCCCC(=O)OC(COC(=O)CCCCCCCCCCCCCCCCCC)COP(=O)(O)OC1C(OC2OC(CO)C(O)C(O)C2O)C(O)C(O)C(O)C1OC1OC(CO)C(O)C(O)C1O. The molecule has 3 aliphatic rings. The lowest BCUT2D eigenvalue weighted by atomic mass is 9.84. The molecular formula is C57H105O23P. The fraction of sp³-hybridized carbons (Fsp3) is 0.930. The van der Waals surface area contributed by atoms with Crippen molar-refractivity contribution in [1.29, 1.82) is 0 Å². The molecule has 0 spiro atoms. The number of carbonyl (C=O) groups is 2. The van der Waals surface area contributed by atoms with E-state index < -0.39 is 150 Å². The third kappa shape index (κ3) is 27.6. The number of ether oxygens (including phenoxy) is 6. The smallest absolute Gasteiger partial charge is 0.462 e. The van der Waals surface area contributed by atoms with Gasteiger partial charge in [-0.15, -0.1) is 0 Å². The Hall–Kier alpha value is -1.81. The Morgan fingerprint density at radius 1 is 0.457 bits per heavy atom. The van der Waals surface area contributed by atoms with Crippen molar-refractivity contribution in [2.75, 3.05) is 26.4 Å². The number of aliphatic hydroxyl groups is 11. The Kier molecular flexibility index (Phi) is 38.2. The van der Waals surface area contributed by atoms with Crippen LogP contribution in [-0.4, -0.2) is 204 Å². The van der Waals surface area contributed by atoms with E-state index in [-0.39, 0.29) is 12.8 Å². The zero-order valence-electron chi connectivity index (χ0n) is 48.3. The second kappa shape index (κ2) is 42.1. The summed E-state index contributed by atoms with van der Waals surface area (Å²) in [5, 5.41) is 117. The molecule has 16 unspecified atom stereocenters. The summed E-state index contributed by atoms with van der Waals surface area (Å²) >= 11 is 0. The quantitative estimate of drug-likeness (QED) is 0.0170. The minimum atomic E-state index is -5.64. The summed E-state index contributed by atoms with van der Waals surface area (Å²) in [6.45, 7) is 1.01. The van der Waals surface area contributed by atoms with Crippen molar-refractivity contribution >= 4 is 19.8 Å². The molecular weight excluding hydrogens is 1080 g/mol. The van der Waals surface area contributed by atoms with Gasteiger partial charge in [-0.05, 0) is 38.5 Å². The first kappa shape index (κ1) is 73.4. The fourth-order valence-electron chi connectivity index (χ4n) is 10.2. The topological polar surface area (TPSA) is 368 Å². The van der Waals surface area contributed by atoms with Crippen LogP contribution in [0.15, 0.2) is 12.2 Å². The molecule has 2 aliphatic heterocycles. The number of phosphoric acid groups is 1. The van der Waals surface area contributed by atoms with Gasteiger partial charge in [0.05, 0.1) is 19.8 Å². The number of aliphatic hydroxyl groups excluding tert-OH is 11. The summed E-state index contributed by atoms with van der Waals surface area (Å²) in [4.78, 5) is 37.5. The molecule has 0 aromatic heterocycles. The maximum atomic E-state index is 14.0. The maximum Gasteiger partial charge on any atom is 0.472 e. The minimum absolute atomic E-state index is 0.0488. The monoisotopic (exact) mass is 1190 g/mol. The Morgan fingerprint density at radius 2 is 0.815 bits per heavy atom. The zero-order chi connectivity index (χ0) is 59.6. The number of allylic oxidation sites excluding steroid dienone is 2. The first-order valence-corrected chi connectivity index (χ1v) is 32.0. The van der Waals surface area contributed by atoms with Gasteiger partial charge < -0.3 is 89.5 Å². The third-order valence-electron chi connectivity index (χ3n) is 15.3. The van der Waals surface area contributed by atoms with E-state index in [2.05, 4.69) is 26.0 Å². The van der Waals surface area contributed by atoms with E-state index in [0.29, 0.717) is 19.3 Å². The van der Waals surface area contributed by atoms with Gasteiger partial charge >= 0.3 is 19.8 Å². The van der Waals surface area contributed by atoms with Crippen LogP contribution >= 0.6 is 7.82 Å². The summed E-state index contributed by atoms with van der Waals surface area (Å²) in [6.07, 6.45) is 0.461. The largest absolute Gasteiger partial charge is 0.472 e. The van der Waals surface area contributed by atoms with Crippen LogP contribution in [0.3, 0.4) is 0 Å². The normalized spacial score (nSPS) is 31.0. The first-order valence-electron chi connectivity index (χ1n) is 30.5. The van der Waals surface area contributed by atoms with E-state index in [1.807, 2.05) is 0 Å². The number of unbranched alkanes of at least 4 members (excludes halogenated alkanes) is 25. The lowest BCUT2D eigenvalue weighted by Gasteiger charge is -2.49. The molecule has 2 heterocycles. The molecule has 0 bridgehead atoms. The fourth-order valence-corrected chi connectivity index (χ4v) is 11.2. The van der Waals surface area contributed by atoms with Crippen molar-refractivity contribution in [2.24, 2.45) is 0 Å². The first-order chi connectivity index (χ1) is 38.9. The molecule has 0 amide bonds. The predicted molar refractivity (Wildman–Crippen MR) is 296 cm³/mol. The van der Waals surface area contributed by atoms with Gasteiger partial charge in [0.15, 0.2) is 18.7 Å². The third-order valence-corrected chi connectivity index (χ3v) is 16.3. The number of hydrogen-bond acceptors (Lipinski definition) is 22. The van der Waals surface area contributed by atoms with Crippen LogP contribution in [0.2, 0.25) is 0 Å². The van der Waals surface area contributed by atoms with E-state index in [0.717, 1.165) is 51.4 Å². The van der Waals surface area contributed by atoms with Crippen molar-refractivity contribution in [3.8, 4) is 0 Å². The molecule has 1 saturated carbocycles. The zero-order valence-corrected chi connectivity index (χ0v) is 49.2. The summed E-state index contributed by atoms with van der Waals surface area (Å²) in [5.41, 5.74) is 0. The molecule has 0 aromatic carbocycles. The highest BCUT2D eigenvalue weighted by Crippen LogP contribution is 2.49. The molecule has 1 aliphatic carbocycles. The summed E-state index contributed by atoms with van der Waals surface area (Å²) in [6, 6.07) is 0. The lowest BCUT2D eigenvalue weighted by Crippen LogP contribution is -2.69. The van der Waals surface area contributed by atoms with Gasteiger partial charge in [0.2, 0.25) is 0 Å². The highest BCUT2D eigenvalue weighted by atomic mass is 31.2. The highest BCUT2D eigenvalue weighted by Gasteiger charge is 2.58. The Balaban J connectivity index is 1.68. The molecule has 12 N–H and O–H groups in total. The van der Waals surface area contributed by atoms with Crippen LogP contribution in [0.25, 0.3) is 0 Å². The standard InChI is InChI=1S/C57H105O23P/c1-3-5-7-9-11-13-15-17-19-20-22-23-25-27-29-31-33-42(60)73-37-39(75-43(61)34-32-30-28-26-24-21-18-16-14-12-10-8-6-4-2)38-74-81(71,72)80-55-53(78-56-51(69)46(64)44(62)40(35-58)76-56)49(67)48(66)50(68)54(55)79-57-52(70)47(65)45(63)41(36-59)77-57/h21,24,39-41,44-59,62-70H,3-20,22-23,25-38H2,1-2H3,(H,71,72)/b24-21-. The second-order valence-corrected chi connectivity index (χ2v) is 23.6. The van der Waals surface area contributed by atoms with E-state index in [1.165, 1.54) is 109 Å². The summed E-state index contributed by atoms with van der Waals surface area (Å²) in [5.74, 6) is -1.34. The molecule has 23 nitrogen and oxygen atoms in total. The molecule has 0 aromatic rings. The number of hydrogen-bond donors (Lipinski definition) is 12. The van der Waals surface area contributed by atoms with Crippen LogP contribution in [0.5, 0.6) is 0 Å². The van der Waals surface area contributed by atoms with Crippen LogP contribution in [0, 0.1) is 0 Å². The van der Waals surface area contributed by atoms with E-state index in [4.69, 9.17) is 37.5 Å². The van der Waals surface area contributed by atoms with Crippen LogP contribution in [0.1, 0.15) is 206 Å². The Morgan fingerprint density at radius 3 is 1.22 bits per heavy atom. The molecule has 16 atom stereocenters. The van der Waals surface area contributed by atoms with Gasteiger partial charge in [0.1, 0.15) is 92.1 Å². The molecule has 0 radical (unpaired) electrons. The summed E-state index contributed by atoms with van der Waals surface area (Å²) in [7, 11) is -5.64. The van der Waals surface area contributed by atoms with Crippen molar-refractivity contribution in [3.63, 3.8) is 0 Å². The average molecular weight is 1190 g/mol. The van der Waals surface area contributed by atoms with Crippen molar-refractivity contribution < 1.29 is 113 Å². The van der Waals surface area contributed by atoms with Gasteiger partial charge in [-0.2, -0.15) is 0 Å². The molecule has 3 fully saturated rings. The van der Waals surface area contributed by atoms with Crippen LogP contribution in [0.4, 0.5) is 0 Å². The van der Waals surface area contributed by atoms with E-state index in [1.54, 1.807) is 0 Å². The van der Waals surface area contributed by atoms with Crippen molar-refractivity contribution in [3.05, 3.63) is 12.2 Å². The second-order valence-electron chi connectivity index (χ2n) is 22.2. The Bertz CT molecular complexity index is 1660. The van der Waals surface area contributed by atoms with Gasteiger partial charge in [0, 0.05) is 12.8 Å². The van der Waals surface area contributed by atoms with Crippen molar-refractivity contribution in [2.45, 2.75) is 311 Å². The highest BCUT2D eigenvalue weighted by molar-refractivity contribution is 7.47. The van der Waals surface area contributed by atoms with Gasteiger partial charge in [0.25, 0.3) is 0 Å². The Labute approximate surface area is 480 Å². The van der Waals surface area contributed by atoms with E-state index >= 15 is 0 Å². The molecule has 24 heteroatoms. The van der Waals surface area contributed by atoms with Crippen LogP contribution in [-0.2, 0) is 51.6 Å². The van der Waals surface area contributed by atoms with Crippen LogP contribution < -0.4 is 0 Å². The predicted octanol–water partition coefficient (Wildman–Crippen LogP) is 4.71. The number of phosphoric ester groups is 1. The van der Waals surface area contributed by atoms with E-state index in [9.17, 15) is 75.2 Å². The summed E-state index contributed by atoms with van der Waals surface area (Å²) < 4.78 is 58.1. The van der Waals surface area contributed by atoms with Gasteiger partial charge in [-0.1, -0.05) is 167 Å².